The molecule has 1 saturated heterocycles. The lowest BCUT2D eigenvalue weighted by Gasteiger charge is -2.33. The molecule has 9 nitrogen and oxygen atoms in total. The molecule has 2 aromatic carbocycles. The Balaban J connectivity index is 1.45. The van der Waals surface area contributed by atoms with Gasteiger partial charge in [0.05, 0.1) is 24.5 Å². The molecular weight excluding hydrogens is 444 g/mol. The summed E-state index contributed by atoms with van der Waals surface area (Å²) in [5.41, 5.74) is 8.57. The lowest BCUT2D eigenvalue weighted by Crippen LogP contribution is -2.41. The summed E-state index contributed by atoms with van der Waals surface area (Å²) in [4.78, 5) is 23.2. The van der Waals surface area contributed by atoms with Crippen LogP contribution in [0.5, 0.6) is 11.5 Å². The Bertz CT molecular complexity index is 1310. The van der Waals surface area contributed by atoms with Crippen LogP contribution >= 0.6 is 0 Å². The number of para-hydroxylation sites is 1. The number of methoxy groups -OCH3 is 1. The molecule has 0 saturated carbocycles. The number of hydrogen-bond donors (Lipinski definition) is 1. The van der Waals surface area contributed by atoms with Gasteiger partial charge in [-0.15, -0.1) is 0 Å². The minimum Gasteiger partial charge on any atom is -0.457 e. The predicted octanol–water partition coefficient (Wildman–Crippen LogP) is 4.07. The van der Waals surface area contributed by atoms with Gasteiger partial charge in [-0.05, 0) is 49.2 Å². The number of likely N-dealkylation sites (tertiary alicyclic amines) is 1. The highest BCUT2D eigenvalue weighted by molar-refractivity contribution is 5.98. The van der Waals surface area contributed by atoms with E-state index >= 15 is 0 Å². The highest BCUT2D eigenvalue weighted by atomic mass is 16.5. The number of carbonyl (C=O) groups excluding carboxylic acids is 1. The first-order valence-corrected chi connectivity index (χ1v) is 11.7. The van der Waals surface area contributed by atoms with Crippen LogP contribution in [0.3, 0.4) is 0 Å². The molecule has 180 valence electrons. The van der Waals surface area contributed by atoms with Gasteiger partial charge >= 0.3 is 0 Å². The number of ether oxygens (including phenoxy) is 2. The van der Waals surface area contributed by atoms with Crippen LogP contribution in [0.4, 0.5) is 5.82 Å². The molecule has 4 aromatic rings. The summed E-state index contributed by atoms with van der Waals surface area (Å²) in [6.07, 6.45) is 3.63. The van der Waals surface area contributed by atoms with Crippen molar-refractivity contribution in [3.05, 3.63) is 60.9 Å². The third-order valence-corrected chi connectivity index (χ3v) is 6.24. The molecule has 0 bridgehead atoms. The summed E-state index contributed by atoms with van der Waals surface area (Å²) in [6, 6.07) is 17.4. The lowest BCUT2D eigenvalue weighted by atomic mass is 10.1. The van der Waals surface area contributed by atoms with E-state index in [-0.39, 0.29) is 11.9 Å². The van der Waals surface area contributed by atoms with Gasteiger partial charge in [0.1, 0.15) is 29.3 Å². The van der Waals surface area contributed by atoms with Crippen LogP contribution in [0, 0.1) is 0 Å². The van der Waals surface area contributed by atoms with Crippen LogP contribution < -0.4 is 10.5 Å². The Morgan fingerprint density at radius 2 is 1.86 bits per heavy atom. The third-order valence-electron chi connectivity index (χ3n) is 6.24. The van der Waals surface area contributed by atoms with E-state index in [0.717, 1.165) is 36.4 Å². The average molecular weight is 473 g/mol. The van der Waals surface area contributed by atoms with Gasteiger partial charge in [-0.2, -0.15) is 5.10 Å². The molecule has 9 heteroatoms. The van der Waals surface area contributed by atoms with Gasteiger partial charge in [-0.3, -0.25) is 4.79 Å². The largest absolute Gasteiger partial charge is 0.457 e. The standard InChI is InChI=1S/C26H28N6O3/c1-34-15-13-22(33)31-14-5-6-19(16-31)32-26-23(25(27)28-17-29-26)24(30-32)18-9-11-21(12-10-18)35-20-7-3-2-4-8-20/h2-4,7-12,17,19H,5-6,13-16H2,1H3,(H2,27,28,29)/t19-/m0/s1. The van der Waals surface area contributed by atoms with Gasteiger partial charge in [0.2, 0.25) is 5.91 Å². The topological polar surface area (TPSA) is 108 Å². The molecule has 1 aliphatic rings. The van der Waals surface area contributed by atoms with E-state index in [2.05, 4.69) is 9.97 Å². The quantitative estimate of drug-likeness (QED) is 0.432. The Kier molecular flexibility index (Phi) is 6.58. The molecule has 2 N–H and O–H groups in total. The molecule has 5 rings (SSSR count). The number of fused-ring (bicyclic) bond motifs is 1. The van der Waals surface area contributed by atoms with Crippen LogP contribution in [-0.4, -0.2) is 57.4 Å². The van der Waals surface area contributed by atoms with Crippen LogP contribution in [0.25, 0.3) is 22.3 Å². The molecule has 3 heterocycles. The highest BCUT2D eigenvalue weighted by Crippen LogP contribution is 2.34. The first-order valence-electron chi connectivity index (χ1n) is 11.7. The van der Waals surface area contributed by atoms with Gasteiger partial charge in [0, 0.05) is 25.8 Å². The molecule has 1 amide bonds. The van der Waals surface area contributed by atoms with E-state index in [1.54, 1.807) is 7.11 Å². The molecular formula is C26H28N6O3. The van der Waals surface area contributed by atoms with Crippen molar-refractivity contribution < 1.29 is 14.3 Å². The Labute approximate surface area is 203 Å². The second-order valence-corrected chi connectivity index (χ2v) is 8.57. The normalized spacial score (nSPS) is 15.9. The number of amides is 1. The maximum absolute atomic E-state index is 12.6. The second kappa shape index (κ2) is 10.1. The molecule has 2 aromatic heterocycles. The van der Waals surface area contributed by atoms with E-state index in [1.807, 2.05) is 64.2 Å². The number of anilines is 1. The summed E-state index contributed by atoms with van der Waals surface area (Å²) in [5, 5.41) is 5.66. The van der Waals surface area contributed by atoms with Crippen molar-refractivity contribution in [1.29, 1.82) is 0 Å². The second-order valence-electron chi connectivity index (χ2n) is 8.57. The van der Waals surface area contributed by atoms with Crippen molar-refractivity contribution in [2.45, 2.75) is 25.3 Å². The van der Waals surface area contributed by atoms with E-state index in [4.69, 9.17) is 20.3 Å². The predicted molar refractivity (Wildman–Crippen MR) is 133 cm³/mol. The summed E-state index contributed by atoms with van der Waals surface area (Å²) in [6.45, 7) is 1.74. The number of nitrogen functional groups attached to an aromatic ring is 1. The minimum absolute atomic E-state index is 0.00137. The highest BCUT2D eigenvalue weighted by Gasteiger charge is 2.28. The number of aromatic nitrogens is 4. The SMILES string of the molecule is COCCC(=O)N1CCC[C@H](n2nc(-c3ccc(Oc4ccccc4)cc3)c3c(N)ncnc32)C1. The van der Waals surface area contributed by atoms with Crippen molar-refractivity contribution in [1.82, 2.24) is 24.6 Å². The van der Waals surface area contributed by atoms with E-state index in [9.17, 15) is 4.79 Å². The fourth-order valence-corrected chi connectivity index (χ4v) is 4.49. The molecule has 35 heavy (non-hydrogen) atoms. The molecule has 1 atom stereocenters. The van der Waals surface area contributed by atoms with Crippen molar-refractivity contribution >= 4 is 22.8 Å². The zero-order valence-electron chi connectivity index (χ0n) is 19.6. The van der Waals surface area contributed by atoms with E-state index in [1.165, 1.54) is 6.33 Å². The maximum Gasteiger partial charge on any atom is 0.224 e. The molecule has 1 fully saturated rings. The van der Waals surface area contributed by atoms with Crippen LogP contribution in [0.1, 0.15) is 25.3 Å². The molecule has 0 unspecified atom stereocenters. The summed E-state index contributed by atoms with van der Waals surface area (Å²) in [7, 11) is 1.61. The number of benzene rings is 2. The fourth-order valence-electron chi connectivity index (χ4n) is 4.49. The van der Waals surface area contributed by atoms with Gasteiger partial charge in [0.15, 0.2) is 5.65 Å². The van der Waals surface area contributed by atoms with Gasteiger partial charge in [-0.1, -0.05) is 18.2 Å². The number of nitrogens with two attached hydrogens (primary N) is 1. The molecule has 1 aliphatic heterocycles. The summed E-state index contributed by atoms with van der Waals surface area (Å²) < 4.78 is 12.9. The van der Waals surface area contributed by atoms with Crippen LogP contribution in [-0.2, 0) is 9.53 Å². The molecule has 0 aliphatic carbocycles. The number of nitrogens with zero attached hydrogens (tertiary/aromatic N) is 5. The minimum atomic E-state index is 0.00137. The van der Waals surface area contributed by atoms with Gasteiger partial charge in [0.25, 0.3) is 0 Å². The number of rotatable bonds is 7. The zero-order valence-corrected chi connectivity index (χ0v) is 19.6. The van der Waals surface area contributed by atoms with Crippen LogP contribution in [0.15, 0.2) is 60.9 Å². The third kappa shape index (κ3) is 4.81. The Hall–Kier alpha value is -3.98. The van der Waals surface area contributed by atoms with Gasteiger partial charge < -0.3 is 20.1 Å². The Morgan fingerprint density at radius 1 is 1.09 bits per heavy atom. The molecule has 0 radical (unpaired) electrons. The number of hydrogen-bond acceptors (Lipinski definition) is 7. The van der Waals surface area contributed by atoms with E-state index in [0.29, 0.717) is 42.1 Å². The monoisotopic (exact) mass is 472 g/mol. The Morgan fingerprint density at radius 3 is 2.63 bits per heavy atom. The first-order chi connectivity index (χ1) is 17.1. The van der Waals surface area contributed by atoms with Crippen molar-refractivity contribution in [3.8, 4) is 22.8 Å². The van der Waals surface area contributed by atoms with Crippen molar-refractivity contribution in [2.24, 2.45) is 0 Å². The molecule has 0 spiro atoms. The summed E-state index contributed by atoms with van der Waals surface area (Å²) in [5.74, 6) is 1.97. The first kappa shape index (κ1) is 22.8. The van der Waals surface area contributed by atoms with Crippen molar-refractivity contribution in [3.63, 3.8) is 0 Å². The smallest absolute Gasteiger partial charge is 0.224 e. The zero-order chi connectivity index (χ0) is 24.2. The van der Waals surface area contributed by atoms with Gasteiger partial charge in [-0.25, -0.2) is 14.6 Å². The average Bonchev–Trinajstić information content (AvgIpc) is 3.29. The van der Waals surface area contributed by atoms with Crippen LogP contribution in [0.2, 0.25) is 0 Å². The maximum atomic E-state index is 12.6. The number of piperidine rings is 1. The lowest BCUT2D eigenvalue weighted by molar-refractivity contribution is -0.133. The van der Waals surface area contributed by atoms with Crippen molar-refractivity contribution in [2.75, 3.05) is 32.5 Å². The number of carbonyl (C=O) groups is 1. The summed E-state index contributed by atoms with van der Waals surface area (Å²) >= 11 is 0. The fraction of sp³-hybridized carbons (Fsp3) is 0.308. The van der Waals surface area contributed by atoms with E-state index < -0.39 is 0 Å².